The van der Waals surface area contributed by atoms with Crippen LogP contribution >= 0.6 is 0 Å². The Labute approximate surface area is 157 Å². The maximum Gasteiger partial charge on any atom is 0.328 e. The average molecular weight is 387 g/mol. The second kappa shape index (κ2) is 5.13. The third kappa shape index (κ3) is 2.16. The summed E-state index contributed by atoms with van der Waals surface area (Å²) in [5, 5.41) is 1.07. The summed E-state index contributed by atoms with van der Waals surface area (Å²) in [5.74, 6) is -0.363. The lowest BCUT2D eigenvalue weighted by molar-refractivity contribution is -0.130. The van der Waals surface area contributed by atoms with E-state index in [1.54, 1.807) is 4.90 Å². The van der Waals surface area contributed by atoms with Gasteiger partial charge in [0.25, 0.3) is 5.91 Å². The van der Waals surface area contributed by atoms with Crippen molar-refractivity contribution in [3.05, 3.63) is 35.5 Å². The van der Waals surface area contributed by atoms with E-state index >= 15 is 0 Å². The molecule has 0 aliphatic carbocycles. The molecule has 3 amide bonds. The molecule has 3 aliphatic rings. The zero-order chi connectivity index (χ0) is 19.1. The number of urea groups is 1. The van der Waals surface area contributed by atoms with Crippen LogP contribution in [0.4, 0.5) is 4.79 Å². The maximum absolute atomic E-state index is 13.2. The molecule has 5 rings (SSSR count). The SMILES string of the molecule is CC1(C)c2[nH]c3ccccc3c2C[C@@H]2C(=O)N([C@@H]3CCS(=O)(=O)C3)C(=O)N21. The standard InChI is InChI=1S/C19H21N3O4S/c1-19(2)16-13(12-5-3-4-6-14(12)20-16)9-15-17(23)21(18(24)22(15)19)11-7-8-27(25,26)10-11/h3-6,11,15,20H,7-10H2,1-2H3/t11-,15-/m1/s1. The number of carbonyl (C=O) groups excluding carboxylic acids is 2. The molecule has 1 aromatic carbocycles. The lowest BCUT2D eigenvalue weighted by Crippen LogP contribution is -2.52. The first-order chi connectivity index (χ1) is 12.7. The van der Waals surface area contributed by atoms with E-state index in [2.05, 4.69) is 4.98 Å². The zero-order valence-electron chi connectivity index (χ0n) is 15.2. The van der Waals surface area contributed by atoms with Gasteiger partial charge in [-0.1, -0.05) is 18.2 Å². The lowest BCUT2D eigenvalue weighted by atomic mass is 9.85. The fourth-order valence-electron chi connectivity index (χ4n) is 4.99. The van der Waals surface area contributed by atoms with Gasteiger partial charge >= 0.3 is 6.03 Å². The van der Waals surface area contributed by atoms with Crippen molar-refractivity contribution in [3.8, 4) is 0 Å². The highest BCUT2D eigenvalue weighted by Crippen LogP contribution is 2.45. The number of aromatic amines is 1. The van der Waals surface area contributed by atoms with Crippen LogP contribution in [0.5, 0.6) is 0 Å². The highest BCUT2D eigenvalue weighted by molar-refractivity contribution is 7.91. The Morgan fingerprint density at radius 1 is 1.19 bits per heavy atom. The van der Waals surface area contributed by atoms with E-state index in [-0.39, 0.29) is 23.4 Å². The van der Waals surface area contributed by atoms with Crippen LogP contribution in [0.15, 0.2) is 24.3 Å². The molecule has 0 saturated carbocycles. The highest BCUT2D eigenvalue weighted by atomic mass is 32.2. The van der Waals surface area contributed by atoms with Crippen molar-refractivity contribution >= 4 is 32.7 Å². The van der Waals surface area contributed by atoms with Gasteiger partial charge in [0.15, 0.2) is 9.84 Å². The van der Waals surface area contributed by atoms with Gasteiger partial charge in [-0.2, -0.15) is 0 Å². The number of H-pyrrole nitrogens is 1. The molecule has 8 heteroatoms. The highest BCUT2D eigenvalue weighted by Gasteiger charge is 2.57. The Kier molecular flexibility index (Phi) is 3.19. The van der Waals surface area contributed by atoms with E-state index < -0.39 is 27.5 Å². The number of sulfone groups is 1. The summed E-state index contributed by atoms with van der Waals surface area (Å²) in [6.07, 6.45) is 0.776. The van der Waals surface area contributed by atoms with Gasteiger partial charge in [-0.15, -0.1) is 0 Å². The first-order valence-electron chi connectivity index (χ1n) is 9.17. The number of rotatable bonds is 1. The van der Waals surface area contributed by atoms with Crippen molar-refractivity contribution in [3.63, 3.8) is 0 Å². The monoisotopic (exact) mass is 387 g/mol. The van der Waals surface area contributed by atoms with Crippen LogP contribution in [0.3, 0.4) is 0 Å². The predicted molar refractivity (Wildman–Crippen MR) is 100.0 cm³/mol. The van der Waals surface area contributed by atoms with Gasteiger partial charge in [-0.3, -0.25) is 9.69 Å². The second-order valence-electron chi connectivity index (χ2n) is 8.22. The smallest absolute Gasteiger partial charge is 0.328 e. The molecular formula is C19H21N3O4S. The molecule has 0 bridgehead atoms. The Morgan fingerprint density at radius 2 is 1.93 bits per heavy atom. The third-order valence-corrected chi connectivity index (χ3v) is 8.00. The molecule has 1 N–H and O–H groups in total. The fraction of sp³-hybridized carbons (Fsp3) is 0.474. The molecule has 142 valence electrons. The van der Waals surface area contributed by atoms with Crippen LogP contribution in [-0.2, 0) is 26.6 Å². The van der Waals surface area contributed by atoms with Gasteiger partial charge in [-0.05, 0) is 31.9 Å². The van der Waals surface area contributed by atoms with Crippen LogP contribution in [0.1, 0.15) is 31.5 Å². The molecule has 2 saturated heterocycles. The van der Waals surface area contributed by atoms with Crippen molar-refractivity contribution in [1.82, 2.24) is 14.8 Å². The number of hydrogen-bond acceptors (Lipinski definition) is 4. The van der Waals surface area contributed by atoms with E-state index in [4.69, 9.17) is 0 Å². The molecule has 3 aliphatic heterocycles. The molecule has 0 radical (unpaired) electrons. The summed E-state index contributed by atoms with van der Waals surface area (Å²) in [4.78, 5) is 32.7. The number of amides is 3. The number of benzene rings is 1. The van der Waals surface area contributed by atoms with Crippen LogP contribution < -0.4 is 0 Å². The molecule has 2 aromatic rings. The van der Waals surface area contributed by atoms with Crippen molar-refractivity contribution in [1.29, 1.82) is 0 Å². The predicted octanol–water partition coefficient (Wildman–Crippen LogP) is 1.78. The minimum absolute atomic E-state index is 0.0342. The minimum atomic E-state index is -3.18. The van der Waals surface area contributed by atoms with Gasteiger partial charge in [0.1, 0.15) is 6.04 Å². The molecule has 2 fully saturated rings. The number of nitrogens with zero attached hydrogens (tertiary/aromatic N) is 2. The topological polar surface area (TPSA) is 90.5 Å². The summed E-state index contributed by atoms with van der Waals surface area (Å²) in [6.45, 7) is 3.88. The normalized spacial score (nSPS) is 28.7. The van der Waals surface area contributed by atoms with Crippen LogP contribution in [-0.4, -0.2) is 58.7 Å². The van der Waals surface area contributed by atoms with Crippen LogP contribution in [0.25, 0.3) is 10.9 Å². The summed E-state index contributed by atoms with van der Waals surface area (Å²) >= 11 is 0. The quantitative estimate of drug-likeness (QED) is 0.755. The molecule has 4 heterocycles. The van der Waals surface area contributed by atoms with Gasteiger partial charge in [0.05, 0.1) is 23.1 Å². The number of carbonyl (C=O) groups is 2. The summed E-state index contributed by atoms with van der Waals surface area (Å²) in [7, 11) is -3.18. The molecule has 0 unspecified atom stereocenters. The summed E-state index contributed by atoms with van der Waals surface area (Å²) in [5.41, 5.74) is 2.33. The Morgan fingerprint density at radius 3 is 2.63 bits per heavy atom. The van der Waals surface area contributed by atoms with E-state index in [0.29, 0.717) is 12.8 Å². The van der Waals surface area contributed by atoms with Gasteiger partial charge in [0.2, 0.25) is 0 Å². The van der Waals surface area contributed by atoms with Crippen molar-refractivity contribution < 1.29 is 18.0 Å². The van der Waals surface area contributed by atoms with Crippen molar-refractivity contribution in [2.24, 2.45) is 0 Å². The Bertz CT molecular complexity index is 1100. The van der Waals surface area contributed by atoms with Gasteiger partial charge in [-0.25, -0.2) is 13.2 Å². The number of imide groups is 1. The van der Waals surface area contributed by atoms with E-state index in [0.717, 1.165) is 22.2 Å². The molecule has 7 nitrogen and oxygen atoms in total. The number of hydrogen-bond donors (Lipinski definition) is 1. The van der Waals surface area contributed by atoms with E-state index in [1.807, 2.05) is 38.1 Å². The zero-order valence-corrected chi connectivity index (χ0v) is 16.0. The molecule has 1 aromatic heterocycles. The molecule has 27 heavy (non-hydrogen) atoms. The fourth-order valence-corrected chi connectivity index (χ4v) is 6.69. The first kappa shape index (κ1) is 16.8. The minimum Gasteiger partial charge on any atom is -0.356 e. The largest absolute Gasteiger partial charge is 0.356 e. The van der Waals surface area contributed by atoms with E-state index in [9.17, 15) is 18.0 Å². The number of nitrogens with one attached hydrogen (secondary N) is 1. The van der Waals surface area contributed by atoms with Gasteiger partial charge < -0.3 is 9.88 Å². The summed E-state index contributed by atoms with van der Waals surface area (Å²) in [6, 6.07) is 6.44. The number of fused-ring (bicyclic) bond motifs is 4. The third-order valence-electron chi connectivity index (χ3n) is 6.25. The average Bonchev–Trinajstić information content (AvgIpc) is 3.22. The lowest BCUT2D eigenvalue weighted by Gasteiger charge is -2.42. The van der Waals surface area contributed by atoms with Crippen molar-refractivity contribution in [2.45, 2.75) is 44.3 Å². The number of aromatic nitrogens is 1. The molecule has 0 spiro atoms. The molecule has 2 atom stereocenters. The summed E-state index contributed by atoms with van der Waals surface area (Å²) < 4.78 is 23.7. The van der Waals surface area contributed by atoms with Crippen LogP contribution in [0.2, 0.25) is 0 Å². The maximum atomic E-state index is 13.2. The second-order valence-corrected chi connectivity index (χ2v) is 10.4. The first-order valence-corrected chi connectivity index (χ1v) is 11.0. The molecular weight excluding hydrogens is 366 g/mol. The van der Waals surface area contributed by atoms with Crippen LogP contribution in [0, 0.1) is 0 Å². The number of para-hydroxylation sites is 1. The van der Waals surface area contributed by atoms with Gasteiger partial charge in [0, 0.05) is 23.0 Å². The van der Waals surface area contributed by atoms with Crippen molar-refractivity contribution in [2.75, 3.05) is 11.5 Å². The van der Waals surface area contributed by atoms with E-state index in [1.165, 1.54) is 4.90 Å². The Balaban J connectivity index is 1.60. The Hall–Kier alpha value is -2.35.